The first kappa shape index (κ1) is 11.9. The van der Waals surface area contributed by atoms with Gasteiger partial charge < -0.3 is 15.5 Å². The van der Waals surface area contributed by atoms with Gasteiger partial charge in [0.25, 0.3) is 5.91 Å². The fourth-order valence-electron chi connectivity index (χ4n) is 2.05. The summed E-state index contributed by atoms with van der Waals surface area (Å²) in [5.41, 5.74) is 8.16. The Morgan fingerprint density at radius 2 is 1.88 bits per heavy atom. The first-order chi connectivity index (χ1) is 8.09. The molecule has 0 aromatic heterocycles. The minimum atomic E-state index is 0.0549. The Hall–Kier alpha value is -1.55. The van der Waals surface area contributed by atoms with E-state index in [0.29, 0.717) is 11.3 Å². The van der Waals surface area contributed by atoms with Crippen LogP contribution in [0.4, 0.5) is 5.69 Å². The second kappa shape index (κ2) is 4.75. The predicted octanol–water partition coefficient (Wildman–Crippen LogP) is 0.965. The lowest BCUT2D eigenvalue weighted by Gasteiger charge is -2.32. The van der Waals surface area contributed by atoms with Crippen LogP contribution in [0.15, 0.2) is 18.2 Å². The van der Waals surface area contributed by atoms with Crippen molar-refractivity contribution in [2.45, 2.75) is 6.92 Å². The fourth-order valence-corrected chi connectivity index (χ4v) is 2.05. The highest BCUT2D eigenvalue weighted by molar-refractivity contribution is 5.99. The summed E-state index contributed by atoms with van der Waals surface area (Å²) in [5, 5.41) is 0. The molecule has 4 nitrogen and oxygen atoms in total. The number of hydrogen-bond donors (Lipinski definition) is 1. The van der Waals surface area contributed by atoms with Gasteiger partial charge in [0.15, 0.2) is 0 Å². The Morgan fingerprint density at radius 1 is 1.24 bits per heavy atom. The largest absolute Gasteiger partial charge is 0.398 e. The van der Waals surface area contributed by atoms with Gasteiger partial charge >= 0.3 is 0 Å². The molecular formula is C13H19N3O. The standard InChI is InChI=1S/C13H19N3O/c1-10-4-3-5-11(12(10)14)13(17)16-8-6-15(2)7-9-16/h3-5H,6-9,14H2,1-2H3. The van der Waals surface area contributed by atoms with Crippen LogP contribution < -0.4 is 5.73 Å². The Bertz CT molecular complexity index is 423. The molecule has 1 aliphatic rings. The van der Waals surface area contributed by atoms with Gasteiger partial charge in [0.1, 0.15) is 0 Å². The molecule has 0 aliphatic carbocycles. The van der Waals surface area contributed by atoms with Crippen molar-refractivity contribution < 1.29 is 4.79 Å². The van der Waals surface area contributed by atoms with Crippen LogP contribution in [0.3, 0.4) is 0 Å². The van der Waals surface area contributed by atoms with E-state index in [1.807, 2.05) is 30.0 Å². The van der Waals surface area contributed by atoms with Gasteiger partial charge in [-0.3, -0.25) is 4.79 Å². The van der Waals surface area contributed by atoms with Gasteiger partial charge in [-0.15, -0.1) is 0 Å². The van der Waals surface area contributed by atoms with Gasteiger partial charge in [-0.2, -0.15) is 0 Å². The van der Waals surface area contributed by atoms with Crippen molar-refractivity contribution in [1.82, 2.24) is 9.80 Å². The number of carbonyl (C=O) groups is 1. The summed E-state index contributed by atoms with van der Waals surface area (Å²) in [6, 6.07) is 5.62. The Labute approximate surface area is 102 Å². The Kier molecular flexibility index (Phi) is 3.33. The van der Waals surface area contributed by atoms with E-state index in [4.69, 9.17) is 5.73 Å². The van der Waals surface area contributed by atoms with Crippen molar-refractivity contribution in [2.75, 3.05) is 39.0 Å². The summed E-state index contributed by atoms with van der Waals surface area (Å²) in [4.78, 5) is 16.4. The molecule has 1 aliphatic heterocycles. The number of piperazine rings is 1. The van der Waals surface area contributed by atoms with Crippen LogP contribution in [0, 0.1) is 6.92 Å². The van der Waals surface area contributed by atoms with E-state index in [2.05, 4.69) is 11.9 Å². The molecule has 2 rings (SSSR count). The predicted molar refractivity (Wildman–Crippen MR) is 69.0 cm³/mol. The first-order valence-corrected chi connectivity index (χ1v) is 5.92. The number of aryl methyl sites for hydroxylation is 1. The highest BCUT2D eigenvalue weighted by Gasteiger charge is 2.21. The molecule has 1 aromatic rings. The Balaban J connectivity index is 2.17. The highest BCUT2D eigenvalue weighted by atomic mass is 16.2. The number of amides is 1. The average Bonchev–Trinajstić information content (AvgIpc) is 2.33. The van der Waals surface area contributed by atoms with E-state index >= 15 is 0 Å². The van der Waals surface area contributed by atoms with Crippen molar-refractivity contribution in [3.05, 3.63) is 29.3 Å². The van der Waals surface area contributed by atoms with E-state index in [1.54, 1.807) is 0 Å². The lowest BCUT2D eigenvalue weighted by atomic mass is 10.1. The lowest BCUT2D eigenvalue weighted by molar-refractivity contribution is 0.0665. The molecule has 0 atom stereocenters. The van der Waals surface area contributed by atoms with Crippen LogP contribution in [-0.4, -0.2) is 48.9 Å². The quantitative estimate of drug-likeness (QED) is 0.735. The molecule has 1 heterocycles. The van der Waals surface area contributed by atoms with E-state index in [1.165, 1.54) is 0 Å². The number of rotatable bonds is 1. The molecule has 0 radical (unpaired) electrons. The molecule has 0 spiro atoms. The number of anilines is 1. The van der Waals surface area contributed by atoms with Gasteiger partial charge in [-0.1, -0.05) is 12.1 Å². The number of carbonyl (C=O) groups excluding carboxylic acids is 1. The molecule has 4 heteroatoms. The summed E-state index contributed by atoms with van der Waals surface area (Å²) in [6.07, 6.45) is 0. The first-order valence-electron chi connectivity index (χ1n) is 5.92. The minimum Gasteiger partial charge on any atom is -0.398 e. The highest BCUT2D eigenvalue weighted by Crippen LogP contribution is 2.18. The SMILES string of the molecule is Cc1cccc(C(=O)N2CCN(C)CC2)c1N. The van der Waals surface area contributed by atoms with E-state index in [0.717, 1.165) is 31.7 Å². The molecule has 0 saturated carbocycles. The van der Waals surface area contributed by atoms with Crippen LogP contribution >= 0.6 is 0 Å². The monoisotopic (exact) mass is 233 g/mol. The summed E-state index contributed by atoms with van der Waals surface area (Å²) in [6.45, 7) is 5.34. The van der Waals surface area contributed by atoms with Crippen molar-refractivity contribution in [3.8, 4) is 0 Å². The number of para-hydroxylation sites is 1. The number of hydrogen-bond acceptors (Lipinski definition) is 3. The number of nitrogens with zero attached hydrogens (tertiary/aromatic N) is 2. The van der Waals surface area contributed by atoms with E-state index in [9.17, 15) is 4.79 Å². The van der Waals surface area contributed by atoms with Gasteiger partial charge in [-0.05, 0) is 25.6 Å². The van der Waals surface area contributed by atoms with Crippen molar-refractivity contribution in [2.24, 2.45) is 0 Å². The molecule has 1 saturated heterocycles. The van der Waals surface area contributed by atoms with Crippen LogP contribution in [0.2, 0.25) is 0 Å². The van der Waals surface area contributed by atoms with Crippen LogP contribution in [-0.2, 0) is 0 Å². The normalized spacial score (nSPS) is 17.2. The second-order valence-electron chi connectivity index (χ2n) is 4.63. The lowest BCUT2D eigenvalue weighted by Crippen LogP contribution is -2.47. The van der Waals surface area contributed by atoms with E-state index < -0.39 is 0 Å². The summed E-state index contributed by atoms with van der Waals surface area (Å²) >= 11 is 0. The number of benzene rings is 1. The van der Waals surface area contributed by atoms with Gasteiger partial charge in [0.2, 0.25) is 0 Å². The molecular weight excluding hydrogens is 214 g/mol. The topological polar surface area (TPSA) is 49.6 Å². The third-order valence-corrected chi connectivity index (χ3v) is 3.35. The molecule has 1 amide bonds. The average molecular weight is 233 g/mol. The third-order valence-electron chi connectivity index (χ3n) is 3.35. The molecule has 0 unspecified atom stereocenters. The Morgan fingerprint density at radius 3 is 2.53 bits per heavy atom. The van der Waals surface area contributed by atoms with Gasteiger partial charge in [0.05, 0.1) is 5.56 Å². The number of likely N-dealkylation sites (N-methyl/N-ethyl adjacent to an activating group) is 1. The maximum Gasteiger partial charge on any atom is 0.256 e. The smallest absolute Gasteiger partial charge is 0.256 e. The summed E-state index contributed by atoms with van der Waals surface area (Å²) < 4.78 is 0. The zero-order valence-corrected chi connectivity index (χ0v) is 10.4. The molecule has 17 heavy (non-hydrogen) atoms. The number of nitrogens with two attached hydrogens (primary N) is 1. The van der Waals surface area contributed by atoms with Gasteiger partial charge in [-0.25, -0.2) is 0 Å². The molecule has 2 N–H and O–H groups in total. The van der Waals surface area contributed by atoms with Crippen molar-refractivity contribution in [3.63, 3.8) is 0 Å². The van der Waals surface area contributed by atoms with Crippen LogP contribution in [0.5, 0.6) is 0 Å². The maximum absolute atomic E-state index is 12.3. The van der Waals surface area contributed by atoms with Crippen molar-refractivity contribution >= 4 is 11.6 Å². The molecule has 0 bridgehead atoms. The second-order valence-corrected chi connectivity index (χ2v) is 4.63. The maximum atomic E-state index is 12.3. The number of nitrogen functional groups attached to an aromatic ring is 1. The molecule has 1 aromatic carbocycles. The van der Waals surface area contributed by atoms with E-state index in [-0.39, 0.29) is 5.91 Å². The van der Waals surface area contributed by atoms with Gasteiger partial charge in [0, 0.05) is 31.9 Å². The zero-order chi connectivity index (χ0) is 12.4. The summed E-state index contributed by atoms with van der Waals surface area (Å²) in [7, 11) is 2.07. The summed E-state index contributed by atoms with van der Waals surface area (Å²) in [5.74, 6) is 0.0549. The zero-order valence-electron chi connectivity index (χ0n) is 10.4. The fraction of sp³-hybridized carbons (Fsp3) is 0.462. The molecule has 1 fully saturated rings. The van der Waals surface area contributed by atoms with Crippen LogP contribution in [0.1, 0.15) is 15.9 Å². The van der Waals surface area contributed by atoms with Crippen molar-refractivity contribution in [1.29, 1.82) is 0 Å². The minimum absolute atomic E-state index is 0.0549. The molecule has 92 valence electrons. The third kappa shape index (κ3) is 2.42. The van der Waals surface area contributed by atoms with Crippen LogP contribution in [0.25, 0.3) is 0 Å².